The van der Waals surface area contributed by atoms with Crippen LogP contribution in [-0.2, 0) is 11.3 Å². The molecule has 3 heteroatoms. The van der Waals surface area contributed by atoms with Crippen LogP contribution in [0.25, 0.3) is 0 Å². The molecule has 0 aliphatic carbocycles. The molecule has 1 heterocycles. The van der Waals surface area contributed by atoms with Crippen molar-refractivity contribution in [2.45, 2.75) is 19.9 Å². The van der Waals surface area contributed by atoms with Crippen molar-refractivity contribution in [3.63, 3.8) is 0 Å². The Bertz CT molecular complexity index is 409. The quantitative estimate of drug-likeness (QED) is 0.809. The van der Waals surface area contributed by atoms with Gasteiger partial charge < -0.3 is 5.32 Å². The summed E-state index contributed by atoms with van der Waals surface area (Å²) < 4.78 is 0. The summed E-state index contributed by atoms with van der Waals surface area (Å²) in [5, 5.41) is 2.77. The first-order valence-electron chi connectivity index (χ1n) is 5.98. The number of hydrogen-bond acceptors (Lipinski definition) is 2. The van der Waals surface area contributed by atoms with E-state index in [1.807, 2.05) is 12.1 Å². The van der Waals surface area contributed by atoms with Crippen LogP contribution in [0.15, 0.2) is 36.4 Å². The van der Waals surface area contributed by atoms with Crippen LogP contribution < -0.4 is 5.32 Å². The minimum atomic E-state index is -0.0288. The Balaban J connectivity index is 1.93. The molecule has 1 N–H and O–H groups in total. The summed E-state index contributed by atoms with van der Waals surface area (Å²) in [6.07, 6.45) is 5.59. The van der Waals surface area contributed by atoms with Gasteiger partial charge in [-0.1, -0.05) is 24.3 Å². The van der Waals surface area contributed by atoms with E-state index in [2.05, 4.69) is 34.5 Å². The lowest BCUT2D eigenvalue weighted by Crippen LogP contribution is -2.26. The molecule has 0 unspecified atom stereocenters. The van der Waals surface area contributed by atoms with Gasteiger partial charge >= 0.3 is 0 Å². The zero-order chi connectivity index (χ0) is 12.1. The van der Waals surface area contributed by atoms with E-state index in [9.17, 15) is 4.79 Å². The average Bonchev–Trinajstić information content (AvgIpc) is 2.32. The fourth-order valence-electron chi connectivity index (χ4n) is 1.99. The first-order valence-corrected chi connectivity index (χ1v) is 5.98. The minimum absolute atomic E-state index is 0.0288. The van der Waals surface area contributed by atoms with Gasteiger partial charge in [-0.25, -0.2) is 0 Å². The molecule has 1 aliphatic heterocycles. The van der Waals surface area contributed by atoms with E-state index in [0.29, 0.717) is 0 Å². The van der Waals surface area contributed by atoms with Gasteiger partial charge in [-0.05, 0) is 24.1 Å². The Labute approximate surface area is 102 Å². The Morgan fingerprint density at radius 2 is 2.06 bits per heavy atom. The number of benzene rings is 1. The molecular weight excluding hydrogens is 212 g/mol. The van der Waals surface area contributed by atoms with E-state index >= 15 is 0 Å². The maximum absolute atomic E-state index is 10.9. The van der Waals surface area contributed by atoms with Crippen molar-refractivity contribution >= 4 is 11.6 Å². The standard InChI is InChI=1S/C14H18N2O/c1-12(17)15-14-7-5-13(6-8-14)11-16-9-3-2-4-10-16/h2-3,5-8H,4,9-11H2,1H3,(H,15,17). The second kappa shape index (κ2) is 5.64. The summed E-state index contributed by atoms with van der Waals surface area (Å²) >= 11 is 0. The number of anilines is 1. The summed E-state index contributed by atoms with van der Waals surface area (Å²) in [5.41, 5.74) is 2.15. The van der Waals surface area contributed by atoms with Gasteiger partial charge in [0.25, 0.3) is 0 Å². The number of nitrogens with zero attached hydrogens (tertiary/aromatic N) is 1. The highest BCUT2D eigenvalue weighted by atomic mass is 16.1. The molecule has 3 nitrogen and oxygen atoms in total. The predicted molar refractivity (Wildman–Crippen MR) is 69.8 cm³/mol. The molecule has 0 saturated heterocycles. The van der Waals surface area contributed by atoms with Crippen LogP contribution in [0.5, 0.6) is 0 Å². The third-order valence-corrected chi connectivity index (χ3v) is 2.82. The zero-order valence-corrected chi connectivity index (χ0v) is 10.1. The van der Waals surface area contributed by atoms with Gasteiger partial charge in [-0.3, -0.25) is 9.69 Å². The van der Waals surface area contributed by atoms with E-state index in [-0.39, 0.29) is 5.91 Å². The summed E-state index contributed by atoms with van der Waals surface area (Å²) in [6.45, 7) is 4.66. The number of carbonyl (C=O) groups excluding carboxylic acids is 1. The fraction of sp³-hybridized carbons (Fsp3) is 0.357. The van der Waals surface area contributed by atoms with Crippen molar-refractivity contribution in [3.8, 4) is 0 Å². The van der Waals surface area contributed by atoms with Gasteiger partial charge in [0.1, 0.15) is 0 Å². The molecule has 90 valence electrons. The highest BCUT2D eigenvalue weighted by Crippen LogP contribution is 2.13. The zero-order valence-electron chi connectivity index (χ0n) is 10.1. The van der Waals surface area contributed by atoms with E-state index in [4.69, 9.17) is 0 Å². The predicted octanol–water partition coefficient (Wildman–Crippen LogP) is 2.41. The van der Waals surface area contributed by atoms with Crippen LogP contribution in [0.4, 0.5) is 5.69 Å². The van der Waals surface area contributed by atoms with Crippen molar-refractivity contribution < 1.29 is 4.79 Å². The fourth-order valence-corrected chi connectivity index (χ4v) is 1.99. The molecule has 0 saturated carbocycles. The molecule has 1 aromatic rings. The number of carbonyl (C=O) groups is 1. The summed E-state index contributed by atoms with van der Waals surface area (Å²) in [4.78, 5) is 13.3. The molecule has 0 fully saturated rings. The Kier molecular flexibility index (Phi) is 3.94. The van der Waals surface area contributed by atoms with Crippen LogP contribution in [0.1, 0.15) is 18.9 Å². The Hall–Kier alpha value is -1.61. The molecule has 0 bridgehead atoms. The SMILES string of the molecule is CC(=O)Nc1ccc(CN2CC=CCC2)cc1. The highest BCUT2D eigenvalue weighted by molar-refractivity contribution is 5.88. The van der Waals surface area contributed by atoms with Crippen molar-refractivity contribution in [2.75, 3.05) is 18.4 Å². The first kappa shape index (κ1) is 11.9. The Morgan fingerprint density at radius 1 is 1.29 bits per heavy atom. The maximum atomic E-state index is 10.9. The van der Waals surface area contributed by atoms with Crippen molar-refractivity contribution in [1.82, 2.24) is 4.90 Å². The second-order valence-corrected chi connectivity index (χ2v) is 4.37. The van der Waals surface area contributed by atoms with Gasteiger partial charge in [0.05, 0.1) is 0 Å². The van der Waals surface area contributed by atoms with Gasteiger partial charge in [0, 0.05) is 32.2 Å². The Morgan fingerprint density at radius 3 is 2.65 bits per heavy atom. The van der Waals surface area contributed by atoms with Crippen LogP contribution >= 0.6 is 0 Å². The van der Waals surface area contributed by atoms with E-state index in [1.54, 1.807) is 0 Å². The van der Waals surface area contributed by atoms with E-state index < -0.39 is 0 Å². The van der Waals surface area contributed by atoms with Crippen LogP contribution in [-0.4, -0.2) is 23.9 Å². The number of hydrogen-bond donors (Lipinski definition) is 1. The first-order chi connectivity index (χ1) is 8.24. The topological polar surface area (TPSA) is 32.3 Å². The van der Waals surface area contributed by atoms with Gasteiger partial charge in [-0.15, -0.1) is 0 Å². The molecule has 2 rings (SSSR count). The lowest BCUT2D eigenvalue weighted by molar-refractivity contribution is -0.114. The summed E-state index contributed by atoms with van der Waals surface area (Å²) in [5.74, 6) is -0.0288. The van der Waals surface area contributed by atoms with Gasteiger partial charge in [-0.2, -0.15) is 0 Å². The lowest BCUT2D eigenvalue weighted by Gasteiger charge is -2.23. The van der Waals surface area contributed by atoms with Crippen molar-refractivity contribution in [3.05, 3.63) is 42.0 Å². The molecule has 0 radical (unpaired) electrons. The largest absolute Gasteiger partial charge is 0.326 e. The summed E-state index contributed by atoms with van der Waals surface area (Å²) in [7, 11) is 0. The van der Waals surface area contributed by atoms with Crippen LogP contribution in [0.2, 0.25) is 0 Å². The normalized spacial score (nSPS) is 15.8. The van der Waals surface area contributed by atoms with Gasteiger partial charge in [0.2, 0.25) is 5.91 Å². The molecule has 1 aromatic carbocycles. The van der Waals surface area contributed by atoms with Crippen LogP contribution in [0, 0.1) is 0 Å². The van der Waals surface area contributed by atoms with E-state index in [1.165, 1.54) is 12.5 Å². The maximum Gasteiger partial charge on any atom is 0.221 e. The molecule has 17 heavy (non-hydrogen) atoms. The van der Waals surface area contributed by atoms with Crippen molar-refractivity contribution in [1.29, 1.82) is 0 Å². The second-order valence-electron chi connectivity index (χ2n) is 4.37. The minimum Gasteiger partial charge on any atom is -0.326 e. The number of nitrogens with one attached hydrogen (secondary N) is 1. The number of amides is 1. The van der Waals surface area contributed by atoms with Crippen LogP contribution in [0.3, 0.4) is 0 Å². The molecule has 0 spiro atoms. The van der Waals surface area contributed by atoms with E-state index in [0.717, 1.165) is 31.7 Å². The third kappa shape index (κ3) is 3.71. The van der Waals surface area contributed by atoms with Crippen molar-refractivity contribution in [2.24, 2.45) is 0 Å². The molecule has 1 aliphatic rings. The molecular formula is C14H18N2O. The molecule has 0 atom stereocenters. The monoisotopic (exact) mass is 230 g/mol. The smallest absolute Gasteiger partial charge is 0.221 e. The molecule has 1 amide bonds. The third-order valence-electron chi connectivity index (χ3n) is 2.82. The average molecular weight is 230 g/mol. The molecule has 0 aromatic heterocycles. The highest BCUT2D eigenvalue weighted by Gasteiger charge is 2.06. The van der Waals surface area contributed by atoms with Gasteiger partial charge in [0.15, 0.2) is 0 Å². The summed E-state index contributed by atoms with van der Waals surface area (Å²) in [6, 6.07) is 8.06. The number of rotatable bonds is 3. The lowest BCUT2D eigenvalue weighted by atomic mass is 10.1.